The minimum atomic E-state index is 0.859. The molecule has 0 aliphatic rings. The van der Waals surface area contributed by atoms with E-state index in [1.54, 1.807) is 17.7 Å². The lowest BCUT2D eigenvalue weighted by Gasteiger charge is -2.06. The normalized spacial score (nSPS) is 11.4. The number of nitrogens with one attached hydrogen (secondary N) is 2. The Morgan fingerprint density at radius 3 is 2.92 bits per heavy atom. The molecule has 0 amide bonds. The Hall–Kier alpha value is -2.47. The zero-order valence-corrected chi connectivity index (χ0v) is 14.6. The van der Waals surface area contributed by atoms with E-state index in [2.05, 4.69) is 45.2 Å². The van der Waals surface area contributed by atoms with Crippen molar-refractivity contribution in [2.45, 2.75) is 26.7 Å². The van der Waals surface area contributed by atoms with E-state index in [0.29, 0.717) is 0 Å². The van der Waals surface area contributed by atoms with Crippen molar-refractivity contribution in [3.8, 4) is 0 Å². The van der Waals surface area contributed by atoms with Crippen LogP contribution in [0.3, 0.4) is 0 Å². The van der Waals surface area contributed by atoms with Gasteiger partial charge in [0.15, 0.2) is 0 Å². The van der Waals surface area contributed by atoms with E-state index in [9.17, 15) is 0 Å². The molecule has 0 fully saturated rings. The number of para-hydroxylation sites is 2. The van der Waals surface area contributed by atoms with Crippen LogP contribution in [0.1, 0.15) is 22.7 Å². The number of fused-ring (bicyclic) bond motifs is 2. The van der Waals surface area contributed by atoms with Crippen molar-refractivity contribution >= 4 is 38.4 Å². The number of hydrogen-bond donors (Lipinski definition) is 2. The van der Waals surface area contributed by atoms with Gasteiger partial charge < -0.3 is 10.3 Å². The Morgan fingerprint density at radius 2 is 2.04 bits per heavy atom. The molecule has 0 radical (unpaired) electrons. The van der Waals surface area contributed by atoms with Gasteiger partial charge in [0.25, 0.3) is 0 Å². The standard InChI is InChI=1S/C18H19N5S/c1-11-12(2)24-18-16(11)17(20-10-21-18)19-9-5-8-15-22-13-6-3-4-7-14(13)23-15/h3-4,6-7,10H,5,8-9H2,1-2H3,(H,22,23)(H,19,20,21). The van der Waals surface area contributed by atoms with Crippen molar-refractivity contribution in [1.82, 2.24) is 19.9 Å². The largest absolute Gasteiger partial charge is 0.369 e. The zero-order valence-electron chi connectivity index (χ0n) is 13.8. The number of aryl methyl sites for hydroxylation is 3. The molecule has 0 atom stereocenters. The second-order valence-electron chi connectivity index (χ2n) is 5.92. The Labute approximate surface area is 144 Å². The molecule has 0 saturated carbocycles. The smallest absolute Gasteiger partial charge is 0.138 e. The van der Waals surface area contributed by atoms with E-state index in [-0.39, 0.29) is 0 Å². The quantitative estimate of drug-likeness (QED) is 0.535. The summed E-state index contributed by atoms with van der Waals surface area (Å²) in [5.41, 5.74) is 3.40. The maximum Gasteiger partial charge on any atom is 0.138 e. The first-order valence-corrected chi connectivity index (χ1v) is 8.92. The van der Waals surface area contributed by atoms with Crippen molar-refractivity contribution in [2.75, 3.05) is 11.9 Å². The fourth-order valence-corrected chi connectivity index (χ4v) is 3.90. The summed E-state index contributed by atoms with van der Waals surface area (Å²) in [4.78, 5) is 19.1. The Kier molecular flexibility index (Phi) is 3.90. The van der Waals surface area contributed by atoms with Gasteiger partial charge in [-0.2, -0.15) is 0 Å². The van der Waals surface area contributed by atoms with Crippen LogP contribution in [0.15, 0.2) is 30.6 Å². The summed E-state index contributed by atoms with van der Waals surface area (Å²) in [6.07, 6.45) is 3.55. The number of aromatic amines is 1. The molecule has 0 spiro atoms. The highest BCUT2D eigenvalue weighted by Gasteiger charge is 2.11. The molecular weight excluding hydrogens is 318 g/mol. The van der Waals surface area contributed by atoms with E-state index >= 15 is 0 Å². The topological polar surface area (TPSA) is 66.5 Å². The Bertz CT molecular complexity index is 968. The number of hydrogen-bond acceptors (Lipinski definition) is 5. The molecular formula is C18H19N5S. The van der Waals surface area contributed by atoms with Crippen molar-refractivity contribution < 1.29 is 0 Å². The van der Waals surface area contributed by atoms with Gasteiger partial charge in [0.2, 0.25) is 0 Å². The van der Waals surface area contributed by atoms with Gasteiger partial charge >= 0.3 is 0 Å². The minimum Gasteiger partial charge on any atom is -0.369 e. The van der Waals surface area contributed by atoms with Gasteiger partial charge in [-0.05, 0) is 38.0 Å². The van der Waals surface area contributed by atoms with Crippen LogP contribution in [-0.4, -0.2) is 26.5 Å². The van der Waals surface area contributed by atoms with Crippen LogP contribution in [0.2, 0.25) is 0 Å². The number of benzene rings is 1. The monoisotopic (exact) mass is 337 g/mol. The first-order chi connectivity index (χ1) is 11.7. The van der Waals surface area contributed by atoms with Crippen LogP contribution >= 0.6 is 11.3 Å². The fraction of sp³-hybridized carbons (Fsp3) is 0.278. The van der Waals surface area contributed by atoms with Gasteiger partial charge in [-0.25, -0.2) is 15.0 Å². The van der Waals surface area contributed by atoms with Crippen molar-refractivity contribution in [3.63, 3.8) is 0 Å². The predicted molar refractivity (Wildman–Crippen MR) is 99.8 cm³/mol. The molecule has 6 heteroatoms. The van der Waals surface area contributed by atoms with Crippen molar-refractivity contribution in [2.24, 2.45) is 0 Å². The van der Waals surface area contributed by atoms with E-state index in [0.717, 1.165) is 52.3 Å². The highest BCUT2D eigenvalue weighted by molar-refractivity contribution is 7.18. The molecule has 0 saturated heterocycles. The average Bonchev–Trinajstić information content (AvgIpc) is 3.13. The van der Waals surface area contributed by atoms with E-state index in [1.165, 1.54) is 10.4 Å². The summed E-state index contributed by atoms with van der Waals surface area (Å²) in [6, 6.07) is 8.13. The third-order valence-electron chi connectivity index (χ3n) is 4.29. The second-order valence-corrected chi connectivity index (χ2v) is 7.12. The summed E-state index contributed by atoms with van der Waals surface area (Å²) in [5.74, 6) is 1.97. The number of nitrogens with zero attached hydrogens (tertiary/aromatic N) is 3. The Morgan fingerprint density at radius 1 is 1.17 bits per heavy atom. The van der Waals surface area contributed by atoms with Gasteiger partial charge in [-0.15, -0.1) is 11.3 Å². The van der Waals surface area contributed by atoms with E-state index < -0.39 is 0 Å². The average molecular weight is 337 g/mol. The van der Waals surface area contributed by atoms with Gasteiger partial charge in [0.05, 0.1) is 16.4 Å². The van der Waals surface area contributed by atoms with Gasteiger partial charge in [0.1, 0.15) is 22.8 Å². The lowest BCUT2D eigenvalue weighted by molar-refractivity contribution is 0.818. The third-order valence-corrected chi connectivity index (χ3v) is 5.40. The van der Waals surface area contributed by atoms with Crippen LogP contribution in [0.5, 0.6) is 0 Å². The number of H-pyrrole nitrogens is 1. The SMILES string of the molecule is Cc1sc2ncnc(NCCCc3nc4ccccc4[nH]3)c2c1C. The van der Waals surface area contributed by atoms with Gasteiger partial charge in [-0.1, -0.05) is 12.1 Å². The maximum atomic E-state index is 4.62. The zero-order chi connectivity index (χ0) is 16.5. The molecule has 122 valence electrons. The van der Waals surface area contributed by atoms with E-state index in [4.69, 9.17) is 0 Å². The van der Waals surface area contributed by atoms with Crippen molar-refractivity contribution in [1.29, 1.82) is 0 Å². The molecule has 5 nitrogen and oxygen atoms in total. The van der Waals surface area contributed by atoms with Crippen molar-refractivity contribution in [3.05, 3.63) is 46.9 Å². The predicted octanol–water partition coefficient (Wildman–Crippen LogP) is 4.23. The number of anilines is 1. The minimum absolute atomic E-state index is 0.859. The molecule has 2 N–H and O–H groups in total. The molecule has 24 heavy (non-hydrogen) atoms. The van der Waals surface area contributed by atoms with Gasteiger partial charge in [0, 0.05) is 17.8 Å². The van der Waals surface area contributed by atoms with Gasteiger partial charge in [-0.3, -0.25) is 0 Å². The number of aromatic nitrogens is 4. The fourth-order valence-electron chi connectivity index (χ4n) is 2.90. The summed E-state index contributed by atoms with van der Waals surface area (Å²) >= 11 is 1.73. The molecule has 0 bridgehead atoms. The first-order valence-electron chi connectivity index (χ1n) is 8.10. The molecule has 1 aromatic carbocycles. The molecule has 4 aromatic rings. The number of rotatable bonds is 5. The van der Waals surface area contributed by atoms with Crippen LogP contribution in [0.4, 0.5) is 5.82 Å². The molecule has 3 aromatic heterocycles. The van der Waals surface area contributed by atoms with Crippen LogP contribution in [0, 0.1) is 13.8 Å². The number of imidazole rings is 1. The molecule has 0 aliphatic heterocycles. The van der Waals surface area contributed by atoms with Crippen LogP contribution < -0.4 is 5.32 Å². The highest BCUT2D eigenvalue weighted by Crippen LogP contribution is 2.32. The second kappa shape index (κ2) is 6.20. The molecule has 0 aliphatic carbocycles. The molecule has 3 heterocycles. The number of thiophene rings is 1. The lowest BCUT2D eigenvalue weighted by Crippen LogP contribution is -2.06. The highest BCUT2D eigenvalue weighted by atomic mass is 32.1. The third kappa shape index (κ3) is 2.73. The molecule has 4 rings (SSSR count). The first kappa shape index (κ1) is 15.1. The summed E-state index contributed by atoms with van der Waals surface area (Å²) in [6.45, 7) is 5.13. The van der Waals surface area contributed by atoms with Crippen LogP contribution in [-0.2, 0) is 6.42 Å². The maximum absolute atomic E-state index is 4.62. The summed E-state index contributed by atoms with van der Waals surface area (Å²) in [5, 5.41) is 4.62. The Balaban J connectivity index is 1.42. The van der Waals surface area contributed by atoms with E-state index in [1.807, 2.05) is 18.2 Å². The summed E-state index contributed by atoms with van der Waals surface area (Å²) in [7, 11) is 0. The lowest BCUT2D eigenvalue weighted by atomic mass is 10.2. The molecule has 0 unspecified atom stereocenters. The van der Waals surface area contributed by atoms with Crippen LogP contribution in [0.25, 0.3) is 21.3 Å². The summed E-state index contributed by atoms with van der Waals surface area (Å²) < 4.78 is 0.